The molecule has 0 N–H and O–H groups in total. The van der Waals surface area contributed by atoms with E-state index in [0.717, 1.165) is 117 Å². The van der Waals surface area contributed by atoms with Gasteiger partial charge in [0, 0.05) is 95.7 Å². The molecule has 92 heavy (non-hydrogen) atoms. The van der Waals surface area contributed by atoms with E-state index in [2.05, 4.69) is 301 Å². The second-order valence-electron chi connectivity index (χ2n) is 24.6. The van der Waals surface area contributed by atoms with Crippen molar-refractivity contribution in [3.8, 4) is 78.9 Å². The molecule has 0 spiro atoms. The molecule has 8 nitrogen and oxygen atoms in total. The monoisotopic (exact) mass is 1180 g/mol. The molecule has 0 atom stereocenters. The molecule has 0 amide bonds. The molecule has 0 radical (unpaired) electrons. The molecule has 434 valence electrons. The van der Waals surface area contributed by atoms with Gasteiger partial charge in [0.25, 0.3) is 0 Å². The molecule has 0 saturated heterocycles. The number of fused-ring (bicyclic) bond motifs is 12. The van der Waals surface area contributed by atoms with Gasteiger partial charge in [0.05, 0.1) is 78.3 Å². The summed E-state index contributed by atoms with van der Waals surface area (Å²) < 4.78 is 9.64. The van der Waals surface area contributed by atoms with Crippen molar-refractivity contribution in [1.82, 2.24) is 38.2 Å². The summed E-state index contributed by atoms with van der Waals surface area (Å²) in [7, 11) is 0. The van der Waals surface area contributed by atoms with Crippen LogP contribution in [0.4, 0.5) is 0 Å². The van der Waals surface area contributed by atoms with Crippen molar-refractivity contribution in [2.45, 2.75) is 27.7 Å². The molecule has 0 fully saturated rings. The normalized spacial score (nSPS) is 11.9. The van der Waals surface area contributed by atoms with Gasteiger partial charge in [0.1, 0.15) is 0 Å². The van der Waals surface area contributed by atoms with Crippen LogP contribution in [-0.4, -0.2) is 38.2 Å². The summed E-state index contributed by atoms with van der Waals surface area (Å²) in [5.41, 5.74) is 26.0. The third-order valence-electron chi connectivity index (χ3n) is 18.8. The standard InChI is InChI=1S/C84H58N8/c1-51-26-32-76-62(42-51)58-18-8-12-22-72(58)89(76)80-36-30-56(68-49-85-40-38-82(68)91-74-24-14-10-20-60(74)64-44-53(3)28-34-78(64)91)46-66(80)71-48-70(55-16-6-5-7-17-55)87-84(88-71)67-47-57(31-37-81(67)90-73-23-13-9-19-59(73)63-43-52(2)27-33-77(63)90)69-50-86-41-39-83(69)92-75-25-15-11-21-61(75)65-45-54(4)29-35-79(65)92/h5-50H,1-4H3. The van der Waals surface area contributed by atoms with Crippen LogP contribution in [0.2, 0.25) is 0 Å². The first kappa shape index (κ1) is 53.1. The van der Waals surface area contributed by atoms with Crippen LogP contribution in [0, 0.1) is 27.7 Å². The Morgan fingerprint density at radius 1 is 0.239 bits per heavy atom. The van der Waals surface area contributed by atoms with Crippen molar-refractivity contribution < 1.29 is 0 Å². The van der Waals surface area contributed by atoms with E-state index in [9.17, 15) is 0 Å². The van der Waals surface area contributed by atoms with Gasteiger partial charge in [-0.1, -0.05) is 162 Å². The summed E-state index contributed by atoms with van der Waals surface area (Å²) in [6, 6.07) is 92.8. The molecule has 0 unspecified atom stereocenters. The molecule has 0 aliphatic carbocycles. The Labute approximate surface area is 530 Å². The zero-order chi connectivity index (χ0) is 61.3. The molecule has 18 aromatic rings. The molecule has 0 saturated carbocycles. The molecule has 11 aromatic carbocycles. The van der Waals surface area contributed by atoms with Gasteiger partial charge in [-0.2, -0.15) is 0 Å². The van der Waals surface area contributed by atoms with Crippen molar-refractivity contribution in [2.24, 2.45) is 0 Å². The highest BCUT2D eigenvalue weighted by atomic mass is 15.0. The van der Waals surface area contributed by atoms with Crippen LogP contribution in [0.3, 0.4) is 0 Å². The number of benzene rings is 11. The number of aromatic nitrogens is 8. The highest BCUT2D eigenvalue weighted by Gasteiger charge is 2.26. The molecular formula is C84H58N8. The van der Waals surface area contributed by atoms with Crippen LogP contribution in [0.1, 0.15) is 22.3 Å². The van der Waals surface area contributed by atoms with Gasteiger partial charge in [-0.3, -0.25) is 9.97 Å². The fourth-order valence-electron chi connectivity index (χ4n) is 14.6. The minimum Gasteiger partial charge on any atom is -0.309 e. The van der Waals surface area contributed by atoms with Crippen molar-refractivity contribution in [2.75, 3.05) is 0 Å². The number of aryl methyl sites for hydroxylation is 4. The van der Waals surface area contributed by atoms with Crippen LogP contribution in [0.15, 0.2) is 280 Å². The summed E-state index contributed by atoms with van der Waals surface area (Å²) in [5, 5.41) is 9.55. The van der Waals surface area contributed by atoms with Crippen molar-refractivity contribution in [3.05, 3.63) is 302 Å². The Hall–Kier alpha value is -12.0. The number of rotatable bonds is 9. The van der Waals surface area contributed by atoms with Crippen molar-refractivity contribution in [3.63, 3.8) is 0 Å². The summed E-state index contributed by atoms with van der Waals surface area (Å²) >= 11 is 0. The van der Waals surface area contributed by atoms with Crippen LogP contribution < -0.4 is 0 Å². The summed E-state index contributed by atoms with van der Waals surface area (Å²) in [4.78, 5) is 21.6. The second-order valence-corrected chi connectivity index (χ2v) is 24.6. The van der Waals surface area contributed by atoms with Gasteiger partial charge in [-0.15, -0.1) is 0 Å². The molecule has 0 bridgehead atoms. The lowest BCUT2D eigenvalue weighted by molar-refractivity contribution is 1.12. The average molecular weight is 1180 g/mol. The van der Waals surface area contributed by atoms with E-state index in [1.54, 1.807) is 0 Å². The highest BCUT2D eigenvalue weighted by Crippen LogP contribution is 2.45. The maximum absolute atomic E-state index is 6.00. The first-order chi connectivity index (χ1) is 45.3. The Morgan fingerprint density at radius 2 is 0.576 bits per heavy atom. The SMILES string of the molecule is Cc1ccc2c(c1)c1ccccc1n2-c1ccncc1-c1ccc(-n2c3ccccc3c3cc(C)ccc32)c(-c2cc(-c3ccccc3)nc(-c3cc(-c4cnccc4-n4c5ccccc5c5cc(C)ccc54)ccc3-n3c4ccccc4c4cc(C)ccc43)n2)c1. The van der Waals surface area contributed by atoms with E-state index in [1.807, 2.05) is 24.8 Å². The van der Waals surface area contributed by atoms with Gasteiger partial charge in [0.15, 0.2) is 5.82 Å². The van der Waals surface area contributed by atoms with Gasteiger partial charge in [-0.05, 0) is 154 Å². The van der Waals surface area contributed by atoms with Gasteiger partial charge >= 0.3 is 0 Å². The Kier molecular flexibility index (Phi) is 12.0. The van der Waals surface area contributed by atoms with Crippen LogP contribution >= 0.6 is 0 Å². The summed E-state index contributed by atoms with van der Waals surface area (Å²) in [6.45, 7) is 8.68. The number of nitrogens with zero attached hydrogens (tertiary/aromatic N) is 8. The lowest BCUT2D eigenvalue weighted by Gasteiger charge is -2.20. The van der Waals surface area contributed by atoms with E-state index in [0.29, 0.717) is 5.82 Å². The molecule has 0 aliphatic rings. The lowest BCUT2D eigenvalue weighted by atomic mass is 9.97. The van der Waals surface area contributed by atoms with E-state index >= 15 is 0 Å². The zero-order valence-electron chi connectivity index (χ0n) is 51.1. The molecule has 0 aliphatic heterocycles. The Bertz CT molecular complexity index is 5730. The third-order valence-corrected chi connectivity index (χ3v) is 18.8. The number of para-hydroxylation sites is 4. The number of pyridine rings is 2. The third kappa shape index (κ3) is 8.30. The second kappa shape index (κ2) is 20.8. The fraction of sp³-hybridized carbons (Fsp3) is 0.0476. The maximum atomic E-state index is 6.00. The molecule has 8 heteroatoms. The first-order valence-electron chi connectivity index (χ1n) is 31.4. The van der Waals surface area contributed by atoms with Crippen LogP contribution in [-0.2, 0) is 0 Å². The average Bonchev–Trinajstić information content (AvgIpc) is 1.55. The van der Waals surface area contributed by atoms with Gasteiger partial charge < -0.3 is 18.3 Å². The van der Waals surface area contributed by atoms with Crippen molar-refractivity contribution >= 4 is 87.2 Å². The predicted octanol–water partition coefficient (Wildman–Crippen LogP) is 21.2. The zero-order valence-corrected chi connectivity index (χ0v) is 51.1. The Morgan fingerprint density at radius 3 is 0.989 bits per heavy atom. The van der Waals surface area contributed by atoms with E-state index < -0.39 is 0 Å². The van der Waals surface area contributed by atoms with Gasteiger partial charge in [0.2, 0.25) is 0 Å². The van der Waals surface area contributed by atoms with E-state index in [1.165, 1.54) is 65.3 Å². The highest BCUT2D eigenvalue weighted by molar-refractivity contribution is 6.14. The molecule has 7 aromatic heterocycles. The Balaban J connectivity index is 0.939. The van der Waals surface area contributed by atoms with E-state index in [4.69, 9.17) is 19.9 Å². The minimum atomic E-state index is 0.575. The number of hydrogen-bond donors (Lipinski definition) is 0. The number of hydrogen-bond acceptors (Lipinski definition) is 4. The fourth-order valence-corrected chi connectivity index (χ4v) is 14.6. The minimum absolute atomic E-state index is 0.575. The predicted molar refractivity (Wildman–Crippen MR) is 381 cm³/mol. The largest absolute Gasteiger partial charge is 0.309 e. The van der Waals surface area contributed by atoms with Crippen LogP contribution in [0.5, 0.6) is 0 Å². The molecule has 18 rings (SSSR count). The molecule has 7 heterocycles. The van der Waals surface area contributed by atoms with Crippen molar-refractivity contribution in [1.29, 1.82) is 0 Å². The van der Waals surface area contributed by atoms with Gasteiger partial charge in [-0.25, -0.2) is 9.97 Å². The maximum Gasteiger partial charge on any atom is 0.162 e. The molecular weight excluding hydrogens is 1120 g/mol. The van der Waals surface area contributed by atoms with E-state index in [-0.39, 0.29) is 0 Å². The summed E-state index contributed by atoms with van der Waals surface area (Å²) in [6.07, 6.45) is 7.85. The smallest absolute Gasteiger partial charge is 0.162 e. The topological polar surface area (TPSA) is 71.3 Å². The summed E-state index contributed by atoms with van der Waals surface area (Å²) in [5.74, 6) is 0.575. The lowest BCUT2D eigenvalue weighted by Crippen LogP contribution is -2.04. The quantitative estimate of drug-likeness (QED) is 0.144. The first-order valence-corrected chi connectivity index (χ1v) is 31.4. The van der Waals surface area contributed by atoms with Crippen LogP contribution in [0.25, 0.3) is 166 Å².